The fourth-order valence-electron chi connectivity index (χ4n) is 1.29. The molecular weight excluding hydrogens is 206 g/mol. The number of nitrogens with one attached hydrogen (secondary N) is 1. The van der Waals surface area contributed by atoms with E-state index in [1.807, 2.05) is 19.1 Å². The lowest BCUT2D eigenvalue weighted by atomic mass is 10.1. The van der Waals surface area contributed by atoms with E-state index in [4.69, 9.17) is 10.5 Å². The van der Waals surface area contributed by atoms with Gasteiger partial charge in [0.25, 0.3) is 0 Å². The number of nitrogens with zero attached hydrogens (tertiary/aromatic N) is 1. The monoisotopic (exact) mass is 223 g/mol. The second-order valence-electron chi connectivity index (χ2n) is 3.58. The van der Waals surface area contributed by atoms with Gasteiger partial charge in [0, 0.05) is 19.5 Å². The fraction of sp³-hybridized carbons (Fsp3) is 0.455. The van der Waals surface area contributed by atoms with Gasteiger partial charge >= 0.3 is 0 Å². The van der Waals surface area contributed by atoms with Crippen LogP contribution >= 0.6 is 0 Å². The smallest absolute Gasteiger partial charge is 0.239 e. The van der Waals surface area contributed by atoms with Crippen molar-refractivity contribution in [3.05, 3.63) is 30.1 Å². The van der Waals surface area contributed by atoms with Crippen LogP contribution in [-0.2, 0) is 9.53 Å². The topological polar surface area (TPSA) is 77.2 Å². The molecule has 16 heavy (non-hydrogen) atoms. The molecule has 1 heterocycles. The van der Waals surface area contributed by atoms with Crippen molar-refractivity contribution in [3.8, 4) is 0 Å². The Morgan fingerprint density at radius 1 is 1.69 bits per heavy atom. The van der Waals surface area contributed by atoms with Crippen LogP contribution in [0.1, 0.15) is 18.5 Å². The number of carbonyl (C=O) groups excluding carboxylic acids is 1. The van der Waals surface area contributed by atoms with Gasteiger partial charge in [0.15, 0.2) is 0 Å². The summed E-state index contributed by atoms with van der Waals surface area (Å²) in [4.78, 5) is 15.6. The third-order valence-electron chi connectivity index (χ3n) is 2.23. The van der Waals surface area contributed by atoms with Crippen molar-refractivity contribution in [2.24, 2.45) is 5.73 Å². The van der Waals surface area contributed by atoms with E-state index < -0.39 is 6.04 Å². The second-order valence-corrected chi connectivity index (χ2v) is 3.58. The van der Waals surface area contributed by atoms with E-state index in [0.29, 0.717) is 0 Å². The number of nitrogens with two attached hydrogens (primary N) is 1. The highest BCUT2D eigenvalue weighted by Gasteiger charge is 2.16. The van der Waals surface area contributed by atoms with Crippen molar-refractivity contribution in [2.75, 3.05) is 13.7 Å². The van der Waals surface area contributed by atoms with Gasteiger partial charge in [-0.1, -0.05) is 6.07 Å². The fourth-order valence-corrected chi connectivity index (χ4v) is 1.29. The molecule has 0 bridgehead atoms. The summed E-state index contributed by atoms with van der Waals surface area (Å²) in [5.74, 6) is -0.224. The van der Waals surface area contributed by atoms with Gasteiger partial charge in [-0.3, -0.25) is 9.78 Å². The van der Waals surface area contributed by atoms with Crippen molar-refractivity contribution in [1.82, 2.24) is 10.3 Å². The second kappa shape index (κ2) is 6.19. The van der Waals surface area contributed by atoms with E-state index in [2.05, 4.69) is 10.3 Å². The SMILES string of the molecule is COCC(N)C(=O)N[C@@H](C)c1cccnc1. The van der Waals surface area contributed by atoms with E-state index in [1.165, 1.54) is 7.11 Å². The first-order chi connectivity index (χ1) is 7.65. The summed E-state index contributed by atoms with van der Waals surface area (Å²) in [5, 5.41) is 2.80. The molecule has 0 aromatic carbocycles. The summed E-state index contributed by atoms with van der Waals surface area (Å²) in [7, 11) is 1.51. The maximum absolute atomic E-state index is 11.6. The number of hydrogen-bond acceptors (Lipinski definition) is 4. The van der Waals surface area contributed by atoms with Crippen LogP contribution in [0, 0.1) is 0 Å². The Bertz CT molecular complexity index is 329. The number of aromatic nitrogens is 1. The summed E-state index contributed by atoms with van der Waals surface area (Å²) in [6, 6.07) is 2.99. The van der Waals surface area contributed by atoms with Gasteiger partial charge in [-0.15, -0.1) is 0 Å². The minimum absolute atomic E-state index is 0.107. The van der Waals surface area contributed by atoms with Gasteiger partial charge in [-0.25, -0.2) is 0 Å². The molecule has 3 N–H and O–H groups in total. The van der Waals surface area contributed by atoms with Crippen LogP contribution in [-0.4, -0.2) is 30.6 Å². The Balaban J connectivity index is 2.51. The molecule has 0 fully saturated rings. The largest absolute Gasteiger partial charge is 0.383 e. The Labute approximate surface area is 95.0 Å². The number of amides is 1. The van der Waals surface area contributed by atoms with Gasteiger partial charge < -0.3 is 15.8 Å². The molecule has 2 atom stereocenters. The number of hydrogen-bond donors (Lipinski definition) is 2. The van der Waals surface area contributed by atoms with Gasteiger partial charge in [0.05, 0.1) is 12.6 Å². The zero-order valence-electron chi connectivity index (χ0n) is 9.51. The Hall–Kier alpha value is -1.46. The highest BCUT2D eigenvalue weighted by molar-refractivity contribution is 5.82. The van der Waals surface area contributed by atoms with E-state index in [1.54, 1.807) is 12.4 Å². The summed E-state index contributed by atoms with van der Waals surface area (Å²) in [6.07, 6.45) is 3.40. The molecule has 1 aromatic rings. The number of carbonyl (C=O) groups is 1. The predicted molar refractivity (Wildman–Crippen MR) is 60.6 cm³/mol. The lowest BCUT2D eigenvalue weighted by molar-refractivity contribution is -0.124. The zero-order valence-corrected chi connectivity index (χ0v) is 9.51. The van der Waals surface area contributed by atoms with Crippen LogP contribution in [0.5, 0.6) is 0 Å². The summed E-state index contributed by atoms with van der Waals surface area (Å²) in [5.41, 5.74) is 6.55. The number of ether oxygens (including phenoxy) is 1. The molecule has 0 spiro atoms. The molecule has 1 amide bonds. The van der Waals surface area contributed by atoms with Gasteiger partial charge in [-0.05, 0) is 18.6 Å². The first kappa shape index (κ1) is 12.6. The standard InChI is InChI=1S/C11H17N3O2/c1-8(9-4-3-5-13-6-9)14-11(15)10(12)7-16-2/h3-6,8,10H,7,12H2,1-2H3,(H,14,15)/t8-,10?/m0/s1. The molecule has 0 aliphatic carbocycles. The minimum atomic E-state index is -0.635. The van der Waals surface area contributed by atoms with Crippen LogP contribution in [0.25, 0.3) is 0 Å². The van der Waals surface area contributed by atoms with E-state index in [0.717, 1.165) is 5.56 Å². The quantitative estimate of drug-likeness (QED) is 0.749. The Morgan fingerprint density at radius 3 is 3.00 bits per heavy atom. The van der Waals surface area contributed by atoms with Crippen LogP contribution < -0.4 is 11.1 Å². The highest BCUT2D eigenvalue weighted by Crippen LogP contribution is 2.09. The molecule has 0 aliphatic heterocycles. The molecule has 5 heteroatoms. The average molecular weight is 223 g/mol. The molecule has 0 aliphatic rings. The van der Waals surface area contributed by atoms with Gasteiger partial charge in [-0.2, -0.15) is 0 Å². The maximum Gasteiger partial charge on any atom is 0.239 e. The van der Waals surface area contributed by atoms with Crippen molar-refractivity contribution >= 4 is 5.91 Å². The van der Waals surface area contributed by atoms with Crippen molar-refractivity contribution < 1.29 is 9.53 Å². The first-order valence-electron chi connectivity index (χ1n) is 5.10. The predicted octanol–water partition coefficient (Wildman–Crippen LogP) is 0.233. The zero-order chi connectivity index (χ0) is 12.0. The van der Waals surface area contributed by atoms with Crippen LogP contribution in [0.4, 0.5) is 0 Å². The number of pyridine rings is 1. The van der Waals surface area contributed by atoms with Crippen LogP contribution in [0.2, 0.25) is 0 Å². The number of rotatable bonds is 5. The molecule has 0 saturated carbocycles. The lowest BCUT2D eigenvalue weighted by Gasteiger charge is -2.17. The molecule has 5 nitrogen and oxygen atoms in total. The van der Waals surface area contributed by atoms with Crippen LogP contribution in [0.3, 0.4) is 0 Å². The summed E-state index contributed by atoms with van der Waals surface area (Å²) in [6.45, 7) is 2.10. The molecular formula is C11H17N3O2. The first-order valence-corrected chi connectivity index (χ1v) is 5.10. The number of methoxy groups -OCH3 is 1. The molecule has 0 saturated heterocycles. The van der Waals surface area contributed by atoms with Crippen molar-refractivity contribution in [1.29, 1.82) is 0 Å². The van der Waals surface area contributed by atoms with E-state index in [9.17, 15) is 4.79 Å². The normalized spacial score (nSPS) is 14.2. The molecule has 1 unspecified atom stereocenters. The van der Waals surface area contributed by atoms with E-state index >= 15 is 0 Å². The Morgan fingerprint density at radius 2 is 2.44 bits per heavy atom. The van der Waals surface area contributed by atoms with Crippen LogP contribution in [0.15, 0.2) is 24.5 Å². The molecule has 0 radical (unpaired) electrons. The summed E-state index contributed by atoms with van der Waals surface area (Å²) < 4.78 is 4.81. The summed E-state index contributed by atoms with van der Waals surface area (Å²) >= 11 is 0. The molecule has 88 valence electrons. The molecule has 1 aromatic heterocycles. The third kappa shape index (κ3) is 3.60. The highest BCUT2D eigenvalue weighted by atomic mass is 16.5. The van der Waals surface area contributed by atoms with Gasteiger partial charge in [0.2, 0.25) is 5.91 Å². The van der Waals surface area contributed by atoms with Crippen molar-refractivity contribution in [3.63, 3.8) is 0 Å². The maximum atomic E-state index is 11.6. The van der Waals surface area contributed by atoms with Crippen molar-refractivity contribution in [2.45, 2.75) is 19.0 Å². The molecule has 1 rings (SSSR count). The lowest BCUT2D eigenvalue weighted by Crippen LogP contribution is -2.44. The average Bonchev–Trinajstić information content (AvgIpc) is 2.30. The third-order valence-corrected chi connectivity index (χ3v) is 2.23. The van der Waals surface area contributed by atoms with Gasteiger partial charge in [0.1, 0.15) is 6.04 Å². The minimum Gasteiger partial charge on any atom is -0.383 e. The Kier molecular flexibility index (Phi) is 4.88. The van der Waals surface area contributed by atoms with E-state index in [-0.39, 0.29) is 18.6 Å².